The maximum atomic E-state index is 11.8. The molecule has 1 aromatic carbocycles. The fourth-order valence-electron chi connectivity index (χ4n) is 1.67. The Morgan fingerprint density at radius 1 is 1.33 bits per heavy atom. The normalized spacial score (nSPS) is 11.9. The number of carbonyl (C=O) groups excluding carboxylic acids is 1. The predicted octanol–water partition coefficient (Wildman–Crippen LogP) is 3.55. The highest BCUT2D eigenvalue weighted by Crippen LogP contribution is 2.19. The summed E-state index contributed by atoms with van der Waals surface area (Å²) < 4.78 is 5.07. The topological polar surface area (TPSA) is 38.3 Å². The van der Waals surface area contributed by atoms with Crippen molar-refractivity contribution in [3.63, 3.8) is 0 Å². The summed E-state index contributed by atoms with van der Waals surface area (Å²) in [5.41, 5.74) is 0.958. The second-order valence-corrected chi connectivity index (χ2v) is 4.85. The van der Waals surface area contributed by atoms with E-state index >= 15 is 0 Å². The first kappa shape index (κ1) is 14.9. The lowest BCUT2D eigenvalue weighted by Crippen LogP contribution is -2.31. The van der Waals surface area contributed by atoms with E-state index in [1.54, 1.807) is 11.8 Å². The van der Waals surface area contributed by atoms with Gasteiger partial charge < -0.3 is 10.1 Å². The number of hydrogen-bond acceptors (Lipinski definition) is 4. The van der Waals surface area contributed by atoms with Crippen LogP contribution in [-0.4, -0.2) is 24.9 Å². The first-order valence-electron chi connectivity index (χ1n) is 6.28. The zero-order valence-corrected chi connectivity index (χ0v) is 12.0. The van der Waals surface area contributed by atoms with Crippen LogP contribution >= 0.6 is 11.8 Å². The molecule has 0 amide bonds. The van der Waals surface area contributed by atoms with Crippen LogP contribution in [0.5, 0.6) is 0 Å². The van der Waals surface area contributed by atoms with Crippen LogP contribution in [0.1, 0.15) is 26.7 Å². The molecule has 0 aliphatic heterocycles. The third-order valence-corrected chi connectivity index (χ3v) is 3.32. The summed E-state index contributed by atoms with van der Waals surface area (Å²) in [5, 5.41) is 3.23. The molecular weight excluding hydrogens is 246 g/mol. The third kappa shape index (κ3) is 4.61. The molecular formula is C14H21NO2S. The van der Waals surface area contributed by atoms with E-state index in [2.05, 4.69) is 12.2 Å². The van der Waals surface area contributed by atoms with Gasteiger partial charge in [0.25, 0.3) is 0 Å². The number of rotatable bonds is 7. The van der Waals surface area contributed by atoms with E-state index in [0.717, 1.165) is 18.5 Å². The number of esters is 1. The summed E-state index contributed by atoms with van der Waals surface area (Å²) >= 11 is 1.70. The number of anilines is 1. The fraction of sp³-hybridized carbons (Fsp3) is 0.500. The quantitative estimate of drug-likeness (QED) is 0.605. The summed E-state index contributed by atoms with van der Waals surface area (Å²) in [7, 11) is 0. The van der Waals surface area contributed by atoms with Crippen molar-refractivity contribution in [3.05, 3.63) is 24.3 Å². The minimum Gasteiger partial charge on any atom is -0.464 e. The number of benzene rings is 1. The molecule has 0 aromatic heterocycles. The molecule has 1 rings (SSSR count). The van der Waals surface area contributed by atoms with Crippen molar-refractivity contribution in [1.29, 1.82) is 0 Å². The van der Waals surface area contributed by atoms with Crippen LogP contribution in [0.3, 0.4) is 0 Å². The predicted molar refractivity (Wildman–Crippen MR) is 77.2 cm³/mol. The second kappa shape index (κ2) is 8.03. The molecule has 0 bridgehead atoms. The van der Waals surface area contributed by atoms with Gasteiger partial charge in [-0.05, 0) is 43.9 Å². The van der Waals surface area contributed by atoms with Gasteiger partial charge in [-0.2, -0.15) is 0 Å². The maximum absolute atomic E-state index is 11.8. The molecule has 1 unspecified atom stereocenters. The van der Waals surface area contributed by atoms with Gasteiger partial charge in [-0.15, -0.1) is 11.8 Å². The molecule has 0 aliphatic carbocycles. The fourth-order valence-corrected chi connectivity index (χ4v) is 2.08. The molecule has 1 atom stereocenters. The monoisotopic (exact) mass is 267 g/mol. The van der Waals surface area contributed by atoms with Crippen molar-refractivity contribution < 1.29 is 9.53 Å². The molecule has 1 aromatic rings. The molecule has 100 valence electrons. The van der Waals surface area contributed by atoms with Crippen molar-refractivity contribution >= 4 is 23.4 Å². The Bertz CT molecular complexity index is 365. The van der Waals surface area contributed by atoms with Gasteiger partial charge in [0, 0.05) is 10.6 Å². The SMILES string of the molecule is CCCC(Nc1ccc(SC)cc1)C(=O)OCC. The molecule has 0 aliphatic rings. The van der Waals surface area contributed by atoms with Crippen LogP contribution in [0.15, 0.2) is 29.2 Å². The van der Waals surface area contributed by atoms with Crippen LogP contribution in [0.25, 0.3) is 0 Å². The Balaban J connectivity index is 2.66. The standard InChI is InChI=1S/C14H21NO2S/c1-4-6-13(14(16)17-5-2)15-11-7-9-12(18-3)10-8-11/h7-10,13,15H,4-6H2,1-3H3. The van der Waals surface area contributed by atoms with Crippen molar-refractivity contribution in [1.82, 2.24) is 0 Å². The molecule has 0 heterocycles. The number of carbonyl (C=O) groups is 1. The minimum absolute atomic E-state index is 0.173. The van der Waals surface area contributed by atoms with E-state index in [-0.39, 0.29) is 12.0 Å². The van der Waals surface area contributed by atoms with Gasteiger partial charge in [0.1, 0.15) is 6.04 Å². The van der Waals surface area contributed by atoms with Gasteiger partial charge in [-0.25, -0.2) is 4.79 Å². The lowest BCUT2D eigenvalue weighted by molar-refractivity contribution is -0.144. The highest BCUT2D eigenvalue weighted by Gasteiger charge is 2.18. The summed E-state index contributed by atoms with van der Waals surface area (Å²) in [6.45, 7) is 4.31. The number of hydrogen-bond donors (Lipinski definition) is 1. The van der Waals surface area contributed by atoms with Gasteiger partial charge in [-0.1, -0.05) is 13.3 Å². The smallest absolute Gasteiger partial charge is 0.328 e. The summed E-state index contributed by atoms with van der Waals surface area (Å²) in [4.78, 5) is 13.0. The molecule has 0 saturated heterocycles. The van der Waals surface area contributed by atoms with Gasteiger partial charge in [0.15, 0.2) is 0 Å². The maximum Gasteiger partial charge on any atom is 0.328 e. The van der Waals surface area contributed by atoms with Crippen LogP contribution in [0.2, 0.25) is 0 Å². The highest BCUT2D eigenvalue weighted by molar-refractivity contribution is 7.98. The highest BCUT2D eigenvalue weighted by atomic mass is 32.2. The van der Waals surface area contributed by atoms with Crippen molar-refractivity contribution in [2.45, 2.75) is 37.6 Å². The van der Waals surface area contributed by atoms with Crippen molar-refractivity contribution in [2.75, 3.05) is 18.2 Å². The van der Waals surface area contributed by atoms with E-state index in [9.17, 15) is 4.79 Å². The first-order chi connectivity index (χ1) is 8.71. The van der Waals surface area contributed by atoms with Crippen molar-refractivity contribution in [3.8, 4) is 0 Å². The minimum atomic E-state index is -0.255. The van der Waals surface area contributed by atoms with E-state index in [0.29, 0.717) is 6.61 Å². The van der Waals surface area contributed by atoms with Crippen LogP contribution in [0, 0.1) is 0 Å². The Labute approximate surface area is 113 Å². The average Bonchev–Trinajstić information content (AvgIpc) is 2.39. The largest absolute Gasteiger partial charge is 0.464 e. The van der Waals surface area contributed by atoms with E-state index in [1.165, 1.54) is 4.90 Å². The van der Waals surface area contributed by atoms with Crippen LogP contribution < -0.4 is 5.32 Å². The van der Waals surface area contributed by atoms with Gasteiger partial charge >= 0.3 is 5.97 Å². The van der Waals surface area contributed by atoms with E-state index < -0.39 is 0 Å². The van der Waals surface area contributed by atoms with Gasteiger partial charge in [-0.3, -0.25) is 0 Å². The van der Waals surface area contributed by atoms with Gasteiger partial charge in [0.05, 0.1) is 6.61 Å². The second-order valence-electron chi connectivity index (χ2n) is 3.97. The summed E-state index contributed by atoms with van der Waals surface area (Å²) in [5.74, 6) is -0.173. The van der Waals surface area contributed by atoms with Crippen molar-refractivity contribution in [2.24, 2.45) is 0 Å². The molecule has 4 heteroatoms. The lowest BCUT2D eigenvalue weighted by atomic mass is 10.1. The lowest BCUT2D eigenvalue weighted by Gasteiger charge is -2.17. The Hall–Kier alpha value is -1.16. The zero-order chi connectivity index (χ0) is 13.4. The number of nitrogens with one attached hydrogen (secondary N) is 1. The van der Waals surface area contributed by atoms with Crippen LogP contribution in [0.4, 0.5) is 5.69 Å². The van der Waals surface area contributed by atoms with E-state index in [1.807, 2.05) is 37.4 Å². The molecule has 18 heavy (non-hydrogen) atoms. The average molecular weight is 267 g/mol. The molecule has 0 saturated carbocycles. The molecule has 0 radical (unpaired) electrons. The Kier molecular flexibility index (Phi) is 6.65. The zero-order valence-electron chi connectivity index (χ0n) is 11.2. The van der Waals surface area contributed by atoms with Gasteiger partial charge in [0.2, 0.25) is 0 Å². The Morgan fingerprint density at radius 3 is 2.50 bits per heavy atom. The van der Waals surface area contributed by atoms with Crippen LogP contribution in [-0.2, 0) is 9.53 Å². The number of ether oxygens (including phenoxy) is 1. The molecule has 1 N–H and O–H groups in total. The third-order valence-electron chi connectivity index (χ3n) is 2.58. The molecule has 0 fully saturated rings. The summed E-state index contributed by atoms with van der Waals surface area (Å²) in [6, 6.07) is 7.82. The summed E-state index contributed by atoms with van der Waals surface area (Å²) in [6.07, 6.45) is 3.77. The van der Waals surface area contributed by atoms with E-state index in [4.69, 9.17) is 4.74 Å². The molecule has 3 nitrogen and oxygen atoms in total. The number of thioether (sulfide) groups is 1. The first-order valence-corrected chi connectivity index (χ1v) is 7.51. The Morgan fingerprint density at radius 2 is 2.00 bits per heavy atom. The molecule has 0 spiro atoms.